The summed E-state index contributed by atoms with van der Waals surface area (Å²) in [7, 11) is 0. The molecule has 3 atom stereocenters. The molecule has 1 fully saturated rings. The van der Waals surface area contributed by atoms with Crippen LogP contribution < -0.4 is 10.9 Å². The third-order valence-corrected chi connectivity index (χ3v) is 6.57. The number of carbonyl (C=O) groups is 1. The van der Waals surface area contributed by atoms with E-state index in [2.05, 4.69) is 19.2 Å². The van der Waals surface area contributed by atoms with Gasteiger partial charge in [0.15, 0.2) is 5.16 Å². The molecule has 152 valence electrons. The van der Waals surface area contributed by atoms with Crippen LogP contribution in [0.2, 0.25) is 0 Å². The first kappa shape index (κ1) is 20.9. The summed E-state index contributed by atoms with van der Waals surface area (Å²) in [6.07, 6.45) is 3.29. The summed E-state index contributed by atoms with van der Waals surface area (Å²) in [5.74, 6) is 1.17. The lowest BCUT2D eigenvalue weighted by Crippen LogP contribution is -2.41. The average Bonchev–Trinajstić information content (AvgIpc) is 2.62. The lowest BCUT2D eigenvalue weighted by Gasteiger charge is -2.36. The monoisotopic (exact) mass is 401 g/mol. The molecule has 3 rings (SSSR count). The minimum absolute atomic E-state index is 0.00952. The molecule has 1 saturated carbocycles. The van der Waals surface area contributed by atoms with Crippen LogP contribution in [0.15, 0.2) is 34.2 Å². The summed E-state index contributed by atoms with van der Waals surface area (Å²) in [5, 5.41) is 4.28. The molecule has 1 aromatic heterocycles. The largest absolute Gasteiger partial charge is 0.351 e. The number of nitrogens with zero attached hydrogens (tertiary/aromatic N) is 2. The molecule has 1 aliphatic carbocycles. The summed E-state index contributed by atoms with van der Waals surface area (Å²) in [4.78, 5) is 30.5. The lowest BCUT2D eigenvalue weighted by atomic mass is 9.78. The number of fused-ring (bicyclic) bond motifs is 1. The number of nitrogens with one attached hydrogen (secondary N) is 1. The van der Waals surface area contributed by atoms with Crippen LogP contribution in [0.4, 0.5) is 0 Å². The minimum atomic E-state index is -0.276. The Balaban J connectivity index is 2.00. The molecule has 2 aromatic rings. The fourth-order valence-electron chi connectivity index (χ4n) is 4.02. The number of rotatable bonds is 4. The molecule has 0 saturated heterocycles. The van der Waals surface area contributed by atoms with E-state index in [-0.39, 0.29) is 28.8 Å². The van der Waals surface area contributed by atoms with Crippen molar-refractivity contribution in [1.82, 2.24) is 14.9 Å². The number of hydrogen-bond acceptors (Lipinski definition) is 4. The quantitative estimate of drug-likeness (QED) is 0.609. The number of para-hydroxylation sites is 1. The van der Waals surface area contributed by atoms with Crippen molar-refractivity contribution in [3.8, 4) is 0 Å². The van der Waals surface area contributed by atoms with Gasteiger partial charge in [0.05, 0.1) is 16.7 Å². The van der Waals surface area contributed by atoms with Crippen LogP contribution in [-0.2, 0) is 4.79 Å². The van der Waals surface area contributed by atoms with Crippen molar-refractivity contribution >= 4 is 28.6 Å². The van der Waals surface area contributed by atoms with E-state index < -0.39 is 0 Å². The van der Waals surface area contributed by atoms with Crippen LogP contribution >= 0.6 is 11.8 Å². The van der Waals surface area contributed by atoms with Gasteiger partial charge in [0.1, 0.15) is 0 Å². The molecule has 5 nitrogen and oxygen atoms in total. The first-order valence-electron chi connectivity index (χ1n) is 10.1. The molecule has 0 bridgehead atoms. The fourth-order valence-corrected chi connectivity index (χ4v) is 4.88. The van der Waals surface area contributed by atoms with Gasteiger partial charge in [-0.1, -0.05) is 50.6 Å². The molecule has 28 heavy (non-hydrogen) atoms. The highest BCUT2D eigenvalue weighted by atomic mass is 32.2. The predicted octanol–water partition coefficient (Wildman–Crippen LogP) is 4.40. The van der Waals surface area contributed by atoms with Gasteiger partial charge in [-0.15, -0.1) is 0 Å². The van der Waals surface area contributed by atoms with Gasteiger partial charge >= 0.3 is 0 Å². The highest BCUT2D eigenvalue weighted by Gasteiger charge is 2.31. The van der Waals surface area contributed by atoms with Gasteiger partial charge in [-0.05, 0) is 51.2 Å². The number of amides is 1. The summed E-state index contributed by atoms with van der Waals surface area (Å²) < 4.78 is 1.87. The van der Waals surface area contributed by atoms with Crippen LogP contribution in [0.5, 0.6) is 0 Å². The highest BCUT2D eigenvalue weighted by molar-refractivity contribution is 7.99. The van der Waals surface area contributed by atoms with Crippen molar-refractivity contribution in [3.63, 3.8) is 0 Å². The molecule has 0 spiro atoms. The zero-order valence-corrected chi connectivity index (χ0v) is 18.3. The number of thioether (sulfide) groups is 1. The molecule has 0 unspecified atom stereocenters. The molecule has 6 heteroatoms. The van der Waals surface area contributed by atoms with E-state index in [0.29, 0.717) is 27.9 Å². The van der Waals surface area contributed by atoms with Gasteiger partial charge in [0.25, 0.3) is 5.56 Å². The summed E-state index contributed by atoms with van der Waals surface area (Å²) >= 11 is 1.36. The Kier molecular flexibility index (Phi) is 6.18. The van der Waals surface area contributed by atoms with E-state index >= 15 is 0 Å². The third kappa shape index (κ3) is 4.59. The van der Waals surface area contributed by atoms with Crippen LogP contribution in [0.3, 0.4) is 0 Å². The number of carbonyl (C=O) groups excluding carboxylic acids is 1. The van der Waals surface area contributed by atoms with Gasteiger partial charge in [-0.2, -0.15) is 0 Å². The van der Waals surface area contributed by atoms with Crippen LogP contribution in [0.1, 0.15) is 59.9 Å². The zero-order chi connectivity index (χ0) is 20.5. The van der Waals surface area contributed by atoms with Crippen LogP contribution in [-0.4, -0.2) is 26.8 Å². The van der Waals surface area contributed by atoms with Crippen molar-refractivity contribution < 1.29 is 4.79 Å². The number of aromatic nitrogens is 2. The van der Waals surface area contributed by atoms with E-state index in [9.17, 15) is 9.59 Å². The Morgan fingerprint density at radius 2 is 1.96 bits per heavy atom. The maximum absolute atomic E-state index is 13.4. The van der Waals surface area contributed by atoms with Crippen molar-refractivity contribution in [2.75, 3.05) is 5.75 Å². The van der Waals surface area contributed by atoms with Gasteiger partial charge in [-0.3, -0.25) is 14.2 Å². The van der Waals surface area contributed by atoms with Crippen LogP contribution in [0.25, 0.3) is 10.9 Å². The number of benzene rings is 1. The van der Waals surface area contributed by atoms with Crippen molar-refractivity contribution in [2.45, 2.75) is 70.6 Å². The predicted molar refractivity (Wildman–Crippen MR) is 116 cm³/mol. The molecular weight excluding hydrogens is 370 g/mol. The topological polar surface area (TPSA) is 64.0 Å². The van der Waals surface area contributed by atoms with Gasteiger partial charge in [0, 0.05) is 11.6 Å². The van der Waals surface area contributed by atoms with E-state index in [1.807, 2.05) is 49.6 Å². The maximum Gasteiger partial charge on any atom is 0.262 e. The van der Waals surface area contributed by atoms with Gasteiger partial charge in [0.2, 0.25) is 5.91 Å². The molecule has 0 radical (unpaired) electrons. The van der Waals surface area contributed by atoms with Crippen LogP contribution in [0, 0.1) is 11.8 Å². The Hall–Kier alpha value is -1.82. The Bertz CT molecular complexity index is 916. The second-order valence-corrected chi connectivity index (χ2v) is 9.95. The van der Waals surface area contributed by atoms with Crippen molar-refractivity contribution in [2.24, 2.45) is 11.8 Å². The third-order valence-electron chi connectivity index (χ3n) is 5.62. The smallest absolute Gasteiger partial charge is 0.262 e. The first-order valence-corrected chi connectivity index (χ1v) is 11.1. The lowest BCUT2D eigenvalue weighted by molar-refractivity contribution is -0.119. The Morgan fingerprint density at radius 3 is 2.68 bits per heavy atom. The SMILES string of the molecule is C[C@@H]1[C@H](C)CCC[C@H]1n1c(SCC(=O)NC(C)(C)C)nc2ccccc2c1=O. The maximum atomic E-state index is 13.4. The standard InChI is InChI=1S/C22H31N3O2S/c1-14-9-8-12-18(15(14)2)25-20(27)16-10-6-7-11-17(16)23-21(25)28-13-19(26)24-22(3,4)5/h6-7,10-11,14-15,18H,8-9,12-13H2,1-5H3,(H,24,26)/t14-,15-,18-/m1/s1. The molecule has 1 heterocycles. The highest BCUT2D eigenvalue weighted by Crippen LogP contribution is 2.38. The zero-order valence-electron chi connectivity index (χ0n) is 17.5. The normalized spacial score (nSPS) is 23.0. The van der Waals surface area contributed by atoms with Crippen molar-refractivity contribution in [3.05, 3.63) is 34.6 Å². The molecule has 1 N–H and O–H groups in total. The van der Waals surface area contributed by atoms with E-state index in [1.165, 1.54) is 18.2 Å². The minimum Gasteiger partial charge on any atom is -0.351 e. The van der Waals surface area contributed by atoms with E-state index in [0.717, 1.165) is 12.8 Å². The van der Waals surface area contributed by atoms with Crippen molar-refractivity contribution in [1.29, 1.82) is 0 Å². The van der Waals surface area contributed by atoms with Gasteiger partial charge in [-0.25, -0.2) is 4.98 Å². The van der Waals surface area contributed by atoms with E-state index in [1.54, 1.807) is 0 Å². The Morgan fingerprint density at radius 1 is 1.25 bits per heavy atom. The molecule has 0 aliphatic heterocycles. The Labute approximate surface area is 171 Å². The molecule has 1 amide bonds. The second-order valence-electron chi connectivity index (χ2n) is 9.01. The second kappa shape index (κ2) is 8.27. The number of hydrogen-bond donors (Lipinski definition) is 1. The molecular formula is C22H31N3O2S. The average molecular weight is 402 g/mol. The molecule has 1 aliphatic rings. The summed E-state index contributed by atoms with van der Waals surface area (Å²) in [6.45, 7) is 10.4. The first-order chi connectivity index (χ1) is 13.2. The summed E-state index contributed by atoms with van der Waals surface area (Å²) in [6, 6.07) is 7.62. The summed E-state index contributed by atoms with van der Waals surface area (Å²) in [5.41, 5.74) is 0.427. The van der Waals surface area contributed by atoms with Gasteiger partial charge < -0.3 is 5.32 Å². The molecule has 1 aromatic carbocycles. The van der Waals surface area contributed by atoms with E-state index in [4.69, 9.17) is 4.98 Å². The fraction of sp³-hybridized carbons (Fsp3) is 0.591.